The Balaban J connectivity index is 2.72. The minimum absolute atomic E-state index is 0.132. The van der Waals surface area contributed by atoms with E-state index in [-0.39, 0.29) is 5.91 Å². The molecule has 0 fully saturated rings. The van der Waals surface area contributed by atoms with Crippen molar-refractivity contribution in [3.05, 3.63) is 29.7 Å². The number of nitrogens with one attached hydrogen (secondary N) is 1. The van der Waals surface area contributed by atoms with Gasteiger partial charge in [0.25, 0.3) is 0 Å². The highest BCUT2D eigenvalue weighted by Crippen LogP contribution is 2.15. The van der Waals surface area contributed by atoms with E-state index in [2.05, 4.69) is 17.2 Å². The Labute approximate surface area is 108 Å². The number of aromatic nitrogens is 1. The lowest BCUT2D eigenvalue weighted by Crippen LogP contribution is -2.08. The first-order valence-electron chi connectivity index (χ1n) is 6.16. The summed E-state index contributed by atoms with van der Waals surface area (Å²) in [6.45, 7) is 6.25. The second kappa shape index (κ2) is 7.48. The zero-order valence-corrected chi connectivity index (χ0v) is 11.2. The molecular formula is C14H20N2O2. The molecule has 0 saturated carbocycles. The first-order valence-corrected chi connectivity index (χ1v) is 6.16. The fourth-order valence-electron chi connectivity index (χ4n) is 1.41. The minimum Gasteiger partial charge on any atom is -0.501 e. The van der Waals surface area contributed by atoms with Gasteiger partial charge in [-0.15, -0.1) is 0 Å². The molecule has 0 aliphatic carbocycles. The van der Waals surface area contributed by atoms with Gasteiger partial charge in [0.1, 0.15) is 5.82 Å². The number of carbonyl (C=O) groups is 1. The number of anilines is 1. The van der Waals surface area contributed by atoms with Crippen LogP contribution in [-0.4, -0.2) is 17.5 Å². The standard InChI is InChI=1S/C14H20N2O2/c1-4-5-7-18-8-6-13-9-11(2)10-15-14(13)16-12(3)17/h6,8-10H,4-5,7H2,1-3H3,(H,15,16,17)/b8-6+. The summed E-state index contributed by atoms with van der Waals surface area (Å²) < 4.78 is 5.36. The van der Waals surface area contributed by atoms with Crippen molar-refractivity contribution >= 4 is 17.8 Å². The Morgan fingerprint density at radius 1 is 1.56 bits per heavy atom. The highest BCUT2D eigenvalue weighted by atomic mass is 16.5. The van der Waals surface area contributed by atoms with Crippen LogP contribution in [0.15, 0.2) is 18.5 Å². The number of hydrogen-bond donors (Lipinski definition) is 1. The monoisotopic (exact) mass is 248 g/mol. The third-order valence-corrected chi connectivity index (χ3v) is 2.31. The fraction of sp³-hybridized carbons (Fsp3) is 0.429. The number of carbonyl (C=O) groups excluding carboxylic acids is 1. The van der Waals surface area contributed by atoms with E-state index in [1.165, 1.54) is 6.92 Å². The predicted molar refractivity (Wildman–Crippen MR) is 73.2 cm³/mol. The molecule has 0 unspecified atom stereocenters. The highest BCUT2D eigenvalue weighted by Gasteiger charge is 2.03. The molecule has 0 atom stereocenters. The molecule has 1 N–H and O–H groups in total. The average Bonchev–Trinajstić information content (AvgIpc) is 2.31. The van der Waals surface area contributed by atoms with E-state index in [0.29, 0.717) is 12.4 Å². The molecule has 0 radical (unpaired) electrons. The van der Waals surface area contributed by atoms with Gasteiger partial charge in [0, 0.05) is 18.7 Å². The van der Waals surface area contributed by atoms with Crippen molar-refractivity contribution in [3.63, 3.8) is 0 Å². The molecule has 4 nitrogen and oxygen atoms in total. The minimum atomic E-state index is -0.132. The Bertz CT molecular complexity index is 428. The molecule has 0 bridgehead atoms. The van der Waals surface area contributed by atoms with Crippen LogP contribution < -0.4 is 5.32 Å². The second-order valence-corrected chi connectivity index (χ2v) is 4.16. The van der Waals surface area contributed by atoms with E-state index in [9.17, 15) is 4.79 Å². The van der Waals surface area contributed by atoms with Crippen LogP contribution in [0.4, 0.5) is 5.82 Å². The summed E-state index contributed by atoms with van der Waals surface area (Å²) in [5, 5.41) is 2.70. The highest BCUT2D eigenvalue weighted by molar-refractivity contribution is 5.89. The third kappa shape index (κ3) is 4.99. The van der Waals surface area contributed by atoms with Crippen LogP contribution in [0.1, 0.15) is 37.8 Å². The zero-order valence-electron chi connectivity index (χ0n) is 11.2. The first-order chi connectivity index (χ1) is 8.63. The van der Waals surface area contributed by atoms with Gasteiger partial charge in [-0.2, -0.15) is 0 Å². The first kappa shape index (κ1) is 14.2. The summed E-state index contributed by atoms with van der Waals surface area (Å²) in [6.07, 6.45) is 7.34. The van der Waals surface area contributed by atoms with Gasteiger partial charge in [-0.05, 0) is 31.1 Å². The van der Waals surface area contributed by atoms with Gasteiger partial charge < -0.3 is 10.1 Å². The summed E-state index contributed by atoms with van der Waals surface area (Å²) in [7, 11) is 0. The van der Waals surface area contributed by atoms with Crippen molar-refractivity contribution in [2.45, 2.75) is 33.6 Å². The molecule has 0 aliphatic rings. The van der Waals surface area contributed by atoms with Crippen molar-refractivity contribution in [1.29, 1.82) is 0 Å². The molecule has 0 aromatic carbocycles. The van der Waals surface area contributed by atoms with Gasteiger partial charge in [-0.25, -0.2) is 4.98 Å². The summed E-state index contributed by atoms with van der Waals surface area (Å²) in [5.74, 6) is 0.427. The van der Waals surface area contributed by atoms with Crippen LogP contribution in [0.2, 0.25) is 0 Å². The van der Waals surface area contributed by atoms with E-state index in [1.807, 2.05) is 19.1 Å². The van der Waals surface area contributed by atoms with Crippen LogP contribution in [0, 0.1) is 6.92 Å². The SMILES string of the molecule is CCCCO/C=C/c1cc(C)cnc1NC(C)=O. The fourth-order valence-corrected chi connectivity index (χ4v) is 1.41. The maximum Gasteiger partial charge on any atom is 0.222 e. The summed E-state index contributed by atoms with van der Waals surface area (Å²) in [5.41, 5.74) is 1.89. The Morgan fingerprint density at radius 3 is 3.00 bits per heavy atom. The van der Waals surface area contributed by atoms with E-state index in [1.54, 1.807) is 12.5 Å². The summed E-state index contributed by atoms with van der Waals surface area (Å²) >= 11 is 0. The number of ether oxygens (including phenoxy) is 1. The maximum atomic E-state index is 11.1. The molecular weight excluding hydrogens is 228 g/mol. The van der Waals surface area contributed by atoms with Crippen LogP contribution >= 0.6 is 0 Å². The number of pyridine rings is 1. The lowest BCUT2D eigenvalue weighted by atomic mass is 10.2. The van der Waals surface area contributed by atoms with Crippen molar-refractivity contribution < 1.29 is 9.53 Å². The molecule has 0 saturated heterocycles. The second-order valence-electron chi connectivity index (χ2n) is 4.16. The van der Waals surface area contributed by atoms with Crippen LogP contribution in [0.5, 0.6) is 0 Å². The third-order valence-electron chi connectivity index (χ3n) is 2.31. The molecule has 1 rings (SSSR count). The van der Waals surface area contributed by atoms with Gasteiger partial charge in [0.2, 0.25) is 5.91 Å². The smallest absolute Gasteiger partial charge is 0.222 e. The van der Waals surface area contributed by atoms with E-state index in [4.69, 9.17) is 4.74 Å². The number of unbranched alkanes of at least 4 members (excludes halogenated alkanes) is 1. The largest absolute Gasteiger partial charge is 0.501 e. The Hall–Kier alpha value is -1.84. The maximum absolute atomic E-state index is 11.1. The topological polar surface area (TPSA) is 51.2 Å². The summed E-state index contributed by atoms with van der Waals surface area (Å²) in [6, 6.07) is 1.96. The Kier molecular flexibility index (Phi) is 5.91. The number of aryl methyl sites for hydroxylation is 1. The van der Waals surface area contributed by atoms with Crippen molar-refractivity contribution in [2.75, 3.05) is 11.9 Å². The molecule has 4 heteroatoms. The van der Waals surface area contributed by atoms with Crippen molar-refractivity contribution in [2.24, 2.45) is 0 Å². The normalized spacial score (nSPS) is 10.6. The molecule has 98 valence electrons. The van der Waals surface area contributed by atoms with E-state index in [0.717, 1.165) is 24.0 Å². The molecule has 1 amide bonds. The van der Waals surface area contributed by atoms with E-state index < -0.39 is 0 Å². The number of amides is 1. The lowest BCUT2D eigenvalue weighted by Gasteiger charge is -2.06. The number of nitrogens with zero attached hydrogens (tertiary/aromatic N) is 1. The van der Waals surface area contributed by atoms with Crippen molar-refractivity contribution in [3.8, 4) is 0 Å². The molecule has 1 aromatic heterocycles. The van der Waals surface area contributed by atoms with Crippen LogP contribution in [-0.2, 0) is 9.53 Å². The van der Waals surface area contributed by atoms with Gasteiger partial charge in [0.15, 0.2) is 0 Å². The van der Waals surface area contributed by atoms with Gasteiger partial charge in [-0.1, -0.05) is 13.3 Å². The molecule has 1 aromatic rings. The van der Waals surface area contributed by atoms with Gasteiger partial charge in [0.05, 0.1) is 12.9 Å². The van der Waals surface area contributed by atoms with E-state index >= 15 is 0 Å². The molecule has 0 spiro atoms. The molecule has 0 aliphatic heterocycles. The number of rotatable bonds is 6. The average molecular weight is 248 g/mol. The van der Waals surface area contributed by atoms with Crippen LogP contribution in [0.3, 0.4) is 0 Å². The summed E-state index contributed by atoms with van der Waals surface area (Å²) in [4.78, 5) is 15.3. The van der Waals surface area contributed by atoms with Crippen LogP contribution in [0.25, 0.3) is 6.08 Å². The molecule has 18 heavy (non-hydrogen) atoms. The van der Waals surface area contributed by atoms with Crippen molar-refractivity contribution in [1.82, 2.24) is 4.98 Å². The molecule has 1 heterocycles. The Morgan fingerprint density at radius 2 is 2.33 bits per heavy atom. The zero-order chi connectivity index (χ0) is 13.4. The van der Waals surface area contributed by atoms with Gasteiger partial charge >= 0.3 is 0 Å². The lowest BCUT2D eigenvalue weighted by molar-refractivity contribution is -0.114. The quantitative estimate of drug-likeness (QED) is 0.621. The number of hydrogen-bond acceptors (Lipinski definition) is 3. The predicted octanol–water partition coefficient (Wildman–Crippen LogP) is 3.14. The van der Waals surface area contributed by atoms with Gasteiger partial charge in [-0.3, -0.25) is 4.79 Å².